The first-order valence-corrected chi connectivity index (χ1v) is 10.1. The normalized spacial score (nSPS) is 14.8. The monoisotopic (exact) mass is 397 g/mol. The third-order valence-corrected chi connectivity index (χ3v) is 5.47. The molecule has 1 atom stereocenters. The summed E-state index contributed by atoms with van der Waals surface area (Å²) in [5.74, 6) is 0.628. The molecule has 2 heterocycles. The lowest BCUT2D eigenvalue weighted by molar-refractivity contribution is -0.138. The number of carbonyl (C=O) groups is 1. The number of nitriles is 1. The summed E-state index contributed by atoms with van der Waals surface area (Å²) in [5.41, 5.74) is 3.63. The molecule has 1 aliphatic heterocycles. The molecule has 0 saturated carbocycles. The first-order chi connectivity index (χ1) is 14.7. The van der Waals surface area contributed by atoms with E-state index >= 15 is 0 Å². The van der Waals surface area contributed by atoms with E-state index in [2.05, 4.69) is 11.1 Å². The van der Waals surface area contributed by atoms with Crippen LogP contribution in [-0.2, 0) is 4.79 Å². The van der Waals surface area contributed by atoms with Crippen molar-refractivity contribution in [2.75, 3.05) is 13.1 Å². The number of allylic oxidation sites excluding steroid dienone is 1. The fraction of sp³-hybridized carbons (Fsp3) is 0.240. The Morgan fingerprint density at radius 2 is 1.77 bits per heavy atom. The lowest BCUT2D eigenvalue weighted by Gasteiger charge is -2.31. The maximum atomic E-state index is 13.0. The zero-order valence-corrected chi connectivity index (χ0v) is 16.9. The van der Waals surface area contributed by atoms with Gasteiger partial charge in [-0.2, -0.15) is 5.26 Å². The number of carbonyl (C=O) groups excluding carboxylic acids is 1. The molecule has 0 spiro atoms. The number of hydrogen-bond donors (Lipinski definition) is 0. The molecule has 1 saturated heterocycles. The molecule has 1 aliphatic rings. The number of benzene rings is 2. The average molecular weight is 397 g/mol. The Bertz CT molecular complexity index is 1120. The summed E-state index contributed by atoms with van der Waals surface area (Å²) in [6.07, 6.45) is 2.51. The fourth-order valence-electron chi connectivity index (χ4n) is 3.87. The molecule has 1 fully saturated rings. The Balaban J connectivity index is 1.44. The van der Waals surface area contributed by atoms with Crippen molar-refractivity contribution in [2.24, 2.45) is 0 Å². The van der Waals surface area contributed by atoms with E-state index in [9.17, 15) is 10.1 Å². The second-order valence-corrected chi connectivity index (χ2v) is 7.37. The molecule has 2 aromatic carbocycles. The molecule has 1 aromatic heterocycles. The minimum atomic E-state index is -0.592. The molecule has 5 nitrogen and oxygen atoms in total. The molecule has 1 unspecified atom stereocenters. The van der Waals surface area contributed by atoms with Crippen LogP contribution in [0.1, 0.15) is 25.3 Å². The van der Waals surface area contributed by atoms with Gasteiger partial charge in [-0.15, -0.1) is 0 Å². The SMILES string of the molecule is CC(Oc1ccnc2ccccc12)C(=O)N1CCC(=C(C#N)c2ccccc2)CC1. The summed E-state index contributed by atoms with van der Waals surface area (Å²) in [6.45, 7) is 2.97. The Morgan fingerprint density at radius 1 is 1.07 bits per heavy atom. The summed E-state index contributed by atoms with van der Waals surface area (Å²) in [4.78, 5) is 19.1. The van der Waals surface area contributed by atoms with Gasteiger partial charge in [0.25, 0.3) is 5.91 Å². The number of likely N-dealkylation sites (tertiary alicyclic amines) is 1. The van der Waals surface area contributed by atoms with E-state index < -0.39 is 6.10 Å². The van der Waals surface area contributed by atoms with Crippen LogP contribution in [-0.4, -0.2) is 35.0 Å². The Hall–Kier alpha value is -3.65. The zero-order chi connectivity index (χ0) is 20.9. The van der Waals surface area contributed by atoms with Gasteiger partial charge in [-0.1, -0.05) is 42.5 Å². The van der Waals surface area contributed by atoms with E-state index in [-0.39, 0.29) is 5.91 Å². The van der Waals surface area contributed by atoms with E-state index in [1.807, 2.05) is 59.5 Å². The molecule has 0 radical (unpaired) electrons. The Kier molecular flexibility index (Phi) is 5.76. The van der Waals surface area contributed by atoms with E-state index in [4.69, 9.17) is 4.74 Å². The van der Waals surface area contributed by atoms with Crippen molar-refractivity contribution in [3.63, 3.8) is 0 Å². The maximum absolute atomic E-state index is 13.0. The van der Waals surface area contributed by atoms with Crippen LogP contribution in [0.5, 0.6) is 5.75 Å². The highest BCUT2D eigenvalue weighted by Crippen LogP contribution is 2.28. The number of rotatable bonds is 4. The largest absolute Gasteiger partial charge is 0.480 e. The van der Waals surface area contributed by atoms with Crippen LogP contribution in [0.15, 0.2) is 72.4 Å². The molecule has 0 aliphatic carbocycles. The highest BCUT2D eigenvalue weighted by molar-refractivity contribution is 5.86. The molecule has 5 heteroatoms. The molecule has 0 bridgehead atoms. The van der Waals surface area contributed by atoms with Gasteiger partial charge >= 0.3 is 0 Å². The van der Waals surface area contributed by atoms with Gasteiger partial charge in [0.15, 0.2) is 6.10 Å². The molecule has 3 aromatic rings. The molecule has 1 amide bonds. The van der Waals surface area contributed by atoms with Crippen LogP contribution in [0.2, 0.25) is 0 Å². The summed E-state index contributed by atoms with van der Waals surface area (Å²) in [6, 6.07) is 21.6. The summed E-state index contributed by atoms with van der Waals surface area (Å²) < 4.78 is 6.01. The minimum absolute atomic E-state index is 0.0341. The van der Waals surface area contributed by atoms with Gasteiger partial charge in [-0.05, 0) is 49.1 Å². The van der Waals surface area contributed by atoms with Crippen LogP contribution < -0.4 is 4.74 Å². The van der Waals surface area contributed by atoms with Crippen molar-refractivity contribution in [1.82, 2.24) is 9.88 Å². The molecule has 0 N–H and O–H groups in total. The zero-order valence-electron chi connectivity index (χ0n) is 16.9. The van der Waals surface area contributed by atoms with E-state index in [1.165, 1.54) is 0 Å². The van der Waals surface area contributed by atoms with E-state index in [0.717, 1.165) is 27.6 Å². The van der Waals surface area contributed by atoms with Crippen LogP contribution in [0.25, 0.3) is 16.5 Å². The lowest BCUT2D eigenvalue weighted by Crippen LogP contribution is -2.43. The topological polar surface area (TPSA) is 66.2 Å². The standard InChI is InChI=1S/C25H23N3O2/c1-18(30-24-11-14-27-23-10-6-5-9-21(23)24)25(29)28-15-12-20(13-16-28)22(17-26)19-7-3-2-4-8-19/h2-11,14,18H,12-13,15-16H2,1H3. The maximum Gasteiger partial charge on any atom is 0.263 e. The van der Waals surface area contributed by atoms with Crippen LogP contribution in [0.3, 0.4) is 0 Å². The third kappa shape index (κ3) is 4.04. The minimum Gasteiger partial charge on any atom is -0.480 e. The summed E-state index contributed by atoms with van der Waals surface area (Å²) in [7, 11) is 0. The molecular formula is C25H23N3O2. The van der Waals surface area contributed by atoms with Crippen molar-refractivity contribution < 1.29 is 9.53 Å². The van der Waals surface area contributed by atoms with Crippen molar-refractivity contribution in [3.8, 4) is 11.8 Å². The first kappa shape index (κ1) is 19.7. The number of aromatic nitrogens is 1. The quantitative estimate of drug-likeness (QED) is 0.604. The number of ether oxygens (including phenoxy) is 1. The number of piperidine rings is 1. The highest BCUT2D eigenvalue weighted by Gasteiger charge is 2.26. The fourth-order valence-corrected chi connectivity index (χ4v) is 3.87. The predicted molar refractivity (Wildman–Crippen MR) is 117 cm³/mol. The molecule has 4 rings (SSSR count). The second-order valence-electron chi connectivity index (χ2n) is 7.37. The van der Waals surface area contributed by atoms with Crippen molar-refractivity contribution >= 4 is 22.4 Å². The number of para-hydroxylation sites is 1. The lowest BCUT2D eigenvalue weighted by atomic mass is 9.94. The van der Waals surface area contributed by atoms with Crippen LogP contribution in [0.4, 0.5) is 0 Å². The van der Waals surface area contributed by atoms with Crippen LogP contribution >= 0.6 is 0 Å². The number of amides is 1. The Morgan fingerprint density at radius 3 is 2.50 bits per heavy atom. The highest BCUT2D eigenvalue weighted by atomic mass is 16.5. The molecular weight excluding hydrogens is 374 g/mol. The number of nitrogens with zero attached hydrogens (tertiary/aromatic N) is 3. The first-order valence-electron chi connectivity index (χ1n) is 10.1. The van der Waals surface area contributed by atoms with E-state index in [0.29, 0.717) is 31.7 Å². The van der Waals surface area contributed by atoms with Crippen molar-refractivity contribution in [3.05, 3.63) is 78.0 Å². The average Bonchev–Trinajstić information content (AvgIpc) is 2.80. The summed E-state index contributed by atoms with van der Waals surface area (Å²) >= 11 is 0. The van der Waals surface area contributed by atoms with Gasteiger partial charge in [0.2, 0.25) is 0 Å². The van der Waals surface area contributed by atoms with Gasteiger partial charge < -0.3 is 9.64 Å². The second kappa shape index (κ2) is 8.79. The van der Waals surface area contributed by atoms with Gasteiger partial charge in [-0.3, -0.25) is 9.78 Å². The van der Waals surface area contributed by atoms with E-state index in [1.54, 1.807) is 19.2 Å². The van der Waals surface area contributed by atoms with Gasteiger partial charge in [0, 0.05) is 24.7 Å². The molecule has 30 heavy (non-hydrogen) atoms. The number of pyridine rings is 1. The van der Waals surface area contributed by atoms with Gasteiger partial charge in [-0.25, -0.2) is 0 Å². The number of fused-ring (bicyclic) bond motifs is 1. The van der Waals surface area contributed by atoms with Gasteiger partial charge in [0.1, 0.15) is 5.75 Å². The van der Waals surface area contributed by atoms with Gasteiger partial charge in [0.05, 0.1) is 17.2 Å². The smallest absolute Gasteiger partial charge is 0.263 e. The third-order valence-electron chi connectivity index (χ3n) is 5.47. The van der Waals surface area contributed by atoms with Crippen molar-refractivity contribution in [1.29, 1.82) is 5.26 Å². The Labute approximate surface area is 176 Å². The number of hydrogen-bond acceptors (Lipinski definition) is 4. The molecule has 150 valence electrons. The van der Waals surface area contributed by atoms with Crippen LogP contribution in [0, 0.1) is 11.3 Å². The van der Waals surface area contributed by atoms with Crippen molar-refractivity contribution in [2.45, 2.75) is 25.9 Å². The summed E-state index contributed by atoms with van der Waals surface area (Å²) in [5, 5.41) is 10.5. The predicted octanol–water partition coefficient (Wildman–Crippen LogP) is 4.60.